The van der Waals surface area contributed by atoms with Crippen molar-refractivity contribution in [2.75, 3.05) is 13.1 Å². The lowest BCUT2D eigenvalue weighted by Crippen LogP contribution is -2.43. The Bertz CT molecular complexity index is 822. The fraction of sp³-hybridized carbons (Fsp3) is 0.500. The zero-order valence-electron chi connectivity index (χ0n) is 20.2. The summed E-state index contributed by atoms with van der Waals surface area (Å²) in [5.74, 6) is -2.22. The molecule has 0 aromatic heterocycles. The van der Waals surface area contributed by atoms with E-state index in [9.17, 15) is 24.8 Å². The van der Waals surface area contributed by atoms with Gasteiger partial charge in [-0.1, -0.05) is 26.0 Å². The number of nitrogens with zero attached hydrogens (tertiary/aromatic N) is 2. The molecule has 0 spiro atoms. The highest BCUT2D eigenvalue weighted by atomic mass is 16.6. The number of hydrogen-bond donors (Lipinski definition) is 1. The predicted molar refractivity (Wildman–Crippen MR) is 121 cm³/mol. The summed E-state index contributed by atoms with van der Waals surface area (Å²) in [6.45, 7) is 13.0. The highest BCUT2D eigenvalue weighted by Crippen LogP contribution is 2.15. The summed E-state index contributed by atoms with van der Waals surface area (Å²) in [5, 5.41) is 18.8. The summed E-state index contributed by atoms with van der Waals surface area (Å²) >= 11 is 0. The Hall–Kier alpha value is -3.34. The summed E-state index contributed by atoms with van der Waals surface area (Å²) in [7, 11) is 0. The molecule has 0 heterocycles. The Morgan fingerprint density at radius 2 is 1.34 bits per heavy atom. The second-order valence-electron chi connectivity index (χ2n) is 8.60. The van der Waals surface area contributed by atoms with Gasteiger partial charge in [0.15, 0.2) is 0 Å². The van der Waals surface area contributed by atoms with E-state index in [1.165, 1.54) is 30.3 Å². The maximum Gasteiger partial charge on any atom is 0.326 e. The summed E-state index contributed by atoms with van der Waals surface area (Å²) in [6.07, 6.45) is 1.30. The van der Waals surface area contributed by atoms with Crippen LogP contribution in [-0.2, 0) is 23.9 Å². The number of aromatic hydroxyl groups is 1. The van der Waals surface area contributed by atoms with Crippen LogP contribution in [0.5, 0.6) is 5.75 Å². The number of benzene rings is 1. The second-order valence-corrected chi connectivity index (χ2v) is 8.60. The van der Waals surface area contributed by atoms with Crippen molar-refractivity contribution in [1.82, 2.24) is 4.90 Å². The van der Waals surface area contributed by atoms with Crippen molar-refractivity contribution in [1.29, 1.82) is 5.26 Å². The number of phenols is 1. The topological polar surface area (TPSA) is 117 Å². The molecule has 0 saturated carbocycles. The molecular formula is C24H34N2O6. The Morgan fingerprint density at radius 3 is 1.69 bits per heavy atom. The Labute approximate surface area is 190 Å². The number of nitriles is 1. The average molecular weight is 447 g/mol. The number of amides is 1. The van der Waals surface area contributed by atoms with E-state index < -0.39 is 42.1 Å². The number of phenolic OH excluding ortho intramolecular Hbond substituents is 1. The first kappa shape index (κ1) is 28.7. The molecule has 0 saturated heterocycles. The van der Waals surface area contributed by atoms with Crippen LogP contribution in [0, 0.1) is 11.3 Å². The minimum absolute atomic E-state index is 0.0356. The third-order valence-corrected chi connectivity index (χ3v) is 3.32. The molecule has 1 N–H and O–H groups in total. The fourth-order valence-electron chi connectivity index (χ4n) is 2.31. The third-order valence-electron chi connectivity index (χ3n) is 3.32. The average Bonchev–Trinajstić information content (AvgIpc) is 2.65. The Morgan fingerprint density at radius 1 is 0.938 bits per heavy atom. The van der Waals surface area contributed by atoms with E-state index in [2.05, 4.69) is 0 Å². The van der Waals surface area contributed by atoms with Crippen LogP contribution in [0.3, 0.4) is 0 Å². The van der Waals surface area contributed by atoms with Gasteiger partial charge in [-0.15, -0.1) is 0 Å². The van der Waals surface area contributed by atoms with Gasteiger partial charge in [0, 0.05) is 0 Å². The number of carbonyl (C=O) groups is 3. The van der Waals surface area contributed by atoms with Crippen LogP contribution in [0.15, 0.2) is 29.8 Å². The van der Waals surface area contributed by atoms with Gasteiger partial charge in [-0.2, -0.15) is 5.26 Å². The number of rotatable bonds is 6. The number of esters is 2. The molecule has 1 aromatic carbocycles. The maximum absolute atomic E-state index is 12.9. The van der Waals surface area contributed by atoms with Gasteiger partial charge in [0.05, 0.1) is 0 Å². The number of hydrogen-bond acceptors (Lipinski definition) is 7. The molecule has 32 heavy (non-hydrogen) atoms. The molecule has 0 atom stereocenters. The van der Waals surface area contributed by atoms with Gasteiger partial charge in [-0.25, -0.2) is 0 Å². The van der Waals surface area contributed by atoms with Crippen LogP contribution in [0.1, 0.15) is 61.0 Å². The molecule has 0 aliphatic carbocycles. The standard InChI is InChI=1S/C22H28N2O6.C2H6/c1-21(2,3)29-18(26)13-24(14-19(27)30-22(4,5)6)20(28)16(12-23)11-15-7-9-17(25)10-8-15;1-2/h7-11,25H,13-14H2,1-6H3;1-2H3/b16-11+;. The van der Waals surface area contributed by atoms with Gasteiger partial charge in [0.1, 0.15) is 41.7 Å². The van der Waals surface area contributed by atoms with Gasteiger partial charge in [0.25, 0.3) is 5.91 Å². The van der Waals surface area contributed by atoms with Crippen LogP contribution in [0.2, 0.25) is 0 Å². The first-order chi connectivity index (χ1) is 14.7. The molecule has 1 aromatic rings. The normalized spacial score (nSPS) is 11.4. The van der Waals surface area contributed by atoms with Gasteiger partial charge < -0.3 is 19.5 Å². The smallest absolute Gasteiger partial charge is 0.326 e. The van der Waals surface area contributed by atoms with Crippen molar-refractivity contribution in [3.63, 3.8) is 0 Å². The highest BCUT2D eigenvalue weighted by Gasteiger charge is 2.28. The van der Waals surface area contributed by atoms with Crippen molar-refractivity contribution in [3.8, 4) is 11.8 Å². The largest absolute Gasteiger partial charge is 0.508 e. The van der Waals surface area contributed by atoms with Gasteiger partial charge in [0.2, 0.25) is 0 Å². The van der Waals surface area contributed by atoms with Crippen molar-refractivity contribution in [2.45, 2.75) is 66.6 Å². The summed E-state index contributed by atoms with van der Waals surface area (Å²) in [5.41, 5.74) is -1.35. The highest BCUT2D eigenvalue weighted by molar-refractivity contribution is 6.03. The molecule has 176 valence electrons. The monoisotopic (exact) mass is 446 g/mol. The van der Waals surface area contributed by atoms with Crippen LogP contribution in [0.25, 0.3) is 6.08 Å². The molecule has 1 rings (SSSR count). The van der Waals surface area contributed by atoms with E-state index in [0.717, 1.165) is 4.90 Å². The van der Waals surface area contributed by atoms with E-state index in [1.807, 2.05) is 13.8 Å². The molecular weight excluding hydrogens is 412 g/mol. The molecule has 0 unspecified atom stereocenters. The minimum Gasteiger partial charge on any atom is -0.508 e. The van der Waals surface area contributed by atoms with Crippen LogP contribution >= 0.6 is 0 Å². The Balaban J connectivity index is 0.00000466. The predicted octanol–water partition coefficient (Wildman–Crippen LogP) is 3.84. The van der Waals surface area contributed by atoms with E-state index in [-0.39, 0.29) is 11.3 Å². The summed E-state index contributed by atoms with van der Waals surface area (Å²) in [6, 6.07) is 7.65. The van der Waals surface area contributed by atoms with E-state index >= 15 is 0 Å². The molecule has 0 radical (unpaired) electrons. The second kappa shape index (κ2) is 12.5. The van der Waals surface area contributed by atoms with Crippen molar-refractivity contribution < 1.29 is 29.0 Å². The van der Waals surface area contributed by atoms with Crippen molar-refractivity contribution in [2.24, 2.45) is 0 Å². The molecule has 0 bridgehead atoms. The maximum atomic E-state index is 12.9. The Kier molecular flexibility index (Phi) is 11.2. The van der Waals surface area contributed by atoms with Crippen molar-refractivity contribution >= 4 is 23.9 Å². The lowest BCUT2D eigenvalue weighted by molar-refractivity contribution is -0.163. The lowest BCUT2D eigenvalue weighted by atomic mass is 10.1. The van der Waals surface area contributed by atoms with E-state index in [4.69, 9.17) is 9.47 Å². The van der Waals surface area contributed by atoms with Gasteiger partial charge >= 0.3 is 11.9 Å². The molecule has 0 fully saturated rings. The van der Waals surface area contributed by atoms with Crippen LogP contribution < -0.4 is 0 Å². The third kappa shape index (κ3) is 11.7. The van der Waals surface area contributed by atoms with Crippen LogP contribution in [-0.4, -0.2) is 52.1 Å². The minimum atomic E-state index is -0.817. The first-order valence-corrected chi connectivity index (χ1v) is 10.3. The SMILES string of the molecule is CC.CC(C)(C)OC(=O)CN(CC(=O)OC(C)(C)C)C(=O)/C(C#N)=C/c1ccc(O)cc1. The summed E-state index contributed by atoms with van der Waals surface area (Å²) in [4.78, 5) is 38.3. The van der Waals surface area contributed by atoms with E-state index in [1.54, 1.807) is 47.6 Å². The summed E-state index contributed by atoms with van der Waals surface area (Å²) < 4.78 is 10.5. The molecule has 0 aliphatic heterocycles. The number of ether oxygens (including phenoxy) is 2. The molecule has 8 nitrogen and oxygen atoms in total. The first-order valence-electron chi connectivity index (χ1n) is 10.3. The zero-order chi connectivity index (χ0) is 25.1. The van der Waals surface area contributed by atoms with E-state index in [0.29, 0.717) is 5.56 Å². The molecule has 1 amide bonds. The number of carbonyl (C=O) groups excluding carboxylic acids is 3. The lowest BCUT2D eigenvalue weighted by Gasteiger charge is -2.26. The van der Waals surface area contributed by atoms with Gasteiger partial charge in [-0.3, -0.25) is 14.4 Å². The quantitative estimate of drug-likeness (QED) is 0.401. The molecule has 8 heteroatoms. The zero-order valence-corrected chi connectivity index (χ0v) is 20.2. The van der Waals surface area contributed by atoms with Gasteiger partial charge in [-0.05, 0) is 65.3 Å². The van der Waals surface area contributed by atoms with Crippen LogP contribution in [0.4, 0.5) is 0 Å². The fourth-order valence-corrected chi connectivity index (χ4v) is 2.31. The van der Waals surface area contributed by atoms with Crippen molar-refractivity contribution in [3.05, 3.63) is 35.4 Å². The molecule has 0 aliphatic rings.